The van der Waals surface area contributed by atoms with Crippen molar-refractivity contribution in [3.8, 4) is 0 Å². The molecular formula is C6H9ClN2. The minimum absolute atomic E-state index is 0.0405. The van der Waals surface area contributed by atoms with Gasteiger partial charge in [0.2, 0.25) is 0 Å². The van der Waals surface area contributed by atoms with Gasteiger partial charge in [0.1, 0.15) is 6.34 Å². The van der Waals surface area contributed by atoms with Crippen molar-refractivity contribution in [2.24, 2.45) is 9.98 Å². The maximum atomic E-state index is 5.52. The molecular weight excluding hydrogens is 136 g/mol. The third-order valence-electron chi connectivity index (χ3n) is 0.530. The van der Waals surface area contributed by atoms with E-state index < -0.39 is 0 Å². The molecule has 0 radical (unpaired) electrons. The van der Waals surface area contributed by atoms with Crippen LogP contribution in [0, 0.1) is 0 Å². The summed E-state index contributed by atoms with van der Waals surface area (Å²) in [7, 11) is 0. The Morgan fingerprint density at radius 2 is 2.22 bits per heavy atom. The van der Waals surface area contributed by atoms with Crippen LogP contribution < -0.4 is 0 Å². The standard InChI is InChI=1S/C6H9ClN2/c1-3-8-5-9-4-6(2)7/h3-6H,1H2,2H3/b8-5-,9-4-. The quantitative estimate of drug-likeness (QED) is 0.328. The number of hydrogen-bond acceptors (Lipinski definition) is 1. The number of nitrogens with zero attached hydrogens (tertiary/aromatic N) is 2. The lowest BCUT2D eigenvalue weighted by atomic mass is 10.5. The van der Waals surface area contributed by atoms with E-state index in [0.29, 0.717) is 0 Å². The largest absolute Gasteiger partial charge is 0.248 e. The van der Waals surface area contributed by atoms with Crippen LogP contribution >= 0.6 is 11.6 Å². The molecule has 0 N–H and O–H groups in total. The molecule has 0 spiro atoms. The molecule has 1 atom stereocenters. The molecule has 0 rings (SSSR count). The number of hydrogen-bond donors (Lipinski definition) is 0. The van der Waals surface area contributed by atoms with Gasteiger partial charge < -0.3 is 0 Å². The van der Waals surface area contributed by atoms with Gasteiger partial charge in [-0.1, -0.05) is 6.58 Å². The fourth-order valence-electron chi connectivity index (χ4n) is 0.243. The average molecular weight is 145 g/mol. The lowest BCUT2D eigenvalue weighted by Crippen LogP contribution is -1.89. The van der Waals surface area contributed by atoms with Gasteiger partial charge in [0.25, 0.3) is 0 Å². The Kier molecular flexibility index (Phi) is 5.12. The summed E-state index contributed by atoms with van der Waals surface area (Å²) in [5, 5.41) is -0.0405. The number of halogens is 1. The molecule has 0 aromatic heterocycles. The summed E-state index contributed by atoms with van der Waals surface area (Å²) in [4.78, 5) is 7.37. The van der Waals surface area contributed by atoms with Gasteiger partial charge >= 0.3 is 0 Å². The summed E-state index contributed by atoms with van der Waals surface area (Å²) in [5.41, 5.74) is 0. The van der Waals surface area contributed by atoms with Crippen LogP contribution in [0.25, 0.3) is 0 Å². The van der Waals surface area contributed by atoms with E-state index in [9.17, 15) is 0 Å². The highest BCUT2D eigenvalue weighted by molar-refractivity contribution is 6.28. The molecule has 0 amide bonds. The summed E-state index contributed by atoms with van der Waals surface area (Å²) in [6, 6.07) is 0. The van der Waals surface area contributed by atoms with E-state index in [0.717, 1.165) is 0 Å². The number of aliphatic imine (C=N–C) groups is 2. The van der Waals surface area contributed by atoms with Crippen LogP contribution in [0.5, 0.6) is 0 Å². The Labute approximate surface area is 60.0 Å². The fraction of sp³-hybridized carbons (Fsp3) is 0.333. The summed E-state index contributed by atoms with van der Waals surface area (Å²) < 4.78 is 0. The molecule has 50 valence electrons. The van der Waals surface area contributed by atoms with Crippen molar-refractivity contribution in [2.45, 2.75) is 12.3 Å². The number of alkyl halides is 1. The van der Waals surface area contributed by atoms with E-state index in [1.54, 1.807) is 6.21 Å². The van der Waals surface area contributed by atoms with Crippen LogP contribution in [-0.2, 0) is 0 Å². The van der Waals surface area contributed by atoms with Crippen LogP contribution in [0.1, 0.15) is 6.92 Å². The predicted octanol–water partition coefficient (Wildman–Crippen LogP) is 1.86. The second kappa shape index (κ2) is 5.51. The Balaban J connectivity index is 3.46. The van der Waals surface area contributed by atoms with Gasteiger partial charge in [-0.05, 0) is 6.92 Å². The molecule has 0 bridgehead atoms. The van der Waals surface area contributed by atoms with Gasteiger partial charge in [0.15, 0.2) is 0 Å². The third kappa shape index (κ3) is 7.37. The zero-order valence-electron chi connectivity index (χ0n) is 5.29. The zero-order valence-corrected chi connectivity index (χ0v) is 6.04. The molecule has 0 aromatic rings. The van der Waals surface area contributed by atoms with E-state index in [1.807, 2.05) is 6.92 Å². The number of rotatable bonds is 3. The van der Waals surface area contributed by atoms with E-state index >= 15 is 0 Å². The highest BCUT2D eigenvalue weighted by atomic mass is 35.5. The second-order valence-electron chi connectivity index (χ2n) is 1.42. The first kappa shape index (κ1) is 8.37. The van der Waals surface area contributed by atoms with Gasteiger partial charge in [0, 0.05) is 12.4 Å². The minimum Gasteiger partial charge on any atom is -0.248 e. The zero-order chi connectivity index (χ0) is 7.11. The normalized spacial score (nSPS) is 14.9. The van der Waals surface area contributed by atoms with Crippen LogP contribution in [0.15, 0.2) is 22.8 Å². The van der Waals surface area contributed by atoms with Crippen molar-refractivity contribution >= 4 is 24.2 Å². The molecule has 0 aliphatic rings. The Bertz CT molecular complexity index is 127. The summed E-state index contributed by atoms with van der Waals surface area (Å²) in [5.74, 6) is 0. The molecule has 9 heavy (non-hydrogen) atoms. The fourth-order valence-corrected chi connectivity index (χ4v) is 0.308. The maximum absolute atomic E-state index is 5.52. The lowest BCUT2D eigenvalue weighted by Gasteiger charge is -1.84. The van der Waals surface area contributed by atoms with Crippen LogP contribution in [0.3, 0.4) is 0 Å². The monoisotopic (exact) mass is 144 g/mol. The van der Waals surface area contributed by atoms with Crippen molar-refractivity contribution in [1.29, 1.82) is 0 Å². The van der Waals surface area contributed by atoms with E-state index in [-0.39, 0.29) is 5.38 Å². The first-order valence-corrected chi connectivity index (χ1v) is 3.01. The molecule has 0 fully saturated rings. The first-order chi connectivity index (χ1) is 4.27. The highest BCUT2D eigenvalue weighted by Gasteiger charge is 1.82. The molecule has 0 aliphatic heterocycles. The SMILES string of the molecule is C=C/N=C\N=C/C(C)Cl. The second-order valence-corrected chi connectivity index (χ2v) is 2.11. The van der Waals surface area contributed by atoms with Gasteiger partial charge in [-0.2, -0.15) is 0 Å². The van der Waals surface area contributed by atoms with Crippen LogP contribution in [0.4, 0.5) is 0 Å². The van der Waals surface area contributed by atoms with Crippen molar-refractivity contribution in [3.63, 3.8) is 0 Å². The van der Waals surface area contributed by atoms with Gasteiger partial charge in [0.05, 0.1) is 5.38 Å². The third-order valence-corrected chi connectivity index (χ3v) is 0.643. The minimum atomic E-state index is -0.0405. The highest BCUT2D eigenvalue weighted by Crippen LogP contribution is 1.85. The molecule has 0 heterocycles. The van der Waals surface area contributed by atoms with Gasteiger partial charge in [-0.15, -0.1) is 11.6 Å². The Morgan fingerprint density at radius 1 is 1.56 bits per heavy atom. The van der Waals surface area contributed by atoms with Crippen molar-refractivity contribution < 1.29 is 0 Å². The van der Waals surface area contributed by atoms with E-state index in [1.165, 1.54) is 12.5 Å². The Hall–Kier alpha value is -0.630. The maximum Gasteiger partial charge on any atom is 0.114 e. The summed E-state index contributed by atoms with van der Waals surface area (Å²) in [6.07, 6.45) is 4.40. The molecule has 0 saturated carbocycles. The topological polar surface area (TPSA) is 24.7 Å². The van der Waals surface area contributed by atoms with Crippen LogP contribution in [-0.4, -0.2) is 17.9 Å². The molecule has 0 aliphatic carbocycles. The molecule has 0 aromatic carbocycles. The lowest BCUT2D eigenvalue weighted by molar-refractivity contribution is 1.33. The smallest absolute Gasteiger partial charge is 0.114 e. The van der Waals surface area contributed by atoms with Crippen LogP contribution in [0.2, 0.25) is 0 Å². The summed E-state index contributed by atoms with van der Waals surface area (Å²) >= 11 is 5.52. The van der Waals surface area contributed by atoms with Gasteiger partial charge in [-0.25, -0.2) is 9.98 Å². The van der Waals surface area contributed by atoms with E-state index in [2.05, 4.69) is 16.6 Å². The molecule has 3 heteroatoms. The van der Waals surface area contributed by atoms with Crippen molar-refractivity contribution in [1.82, 2.24) is 0 Å². The predicted molar refractivity (Wildman–Crippen MR) is 42.5 cm³/mol. The first-order valence-electron chi connectivity index (χ1n) is 2.57. The molecule has 1 unspecified atom stereocenters. The van der Waals surface area contributed by atoms with Crippen molar-refractivity contribution in [3.05, 3.63) is 12.8 Å². The summed E-state index contributed by atoms with van der Waals surface area (Å²) in [6.45, 7) is 5.20. The molecule has 2 nitrogen and oxygen atoms in total. The van der Waals surface area contributed by atoms with Gasteiger partial charge in [-0.3, -0.25) is 0 Å². The van der Waals surface area contributed by atoms with Crippen molar-refractivity contribution in [2.75, 3.05) is 0 Å². The Morgan fingerprint density at radius 3 is 2.67 bits per heavy atom. The average Bonchev–Trinajstić information content (AvgIpc) is 1.80. The van der Waals surface area contributed by atoms with E-state index in [4.69, 9.17) is 11.6 Å². The molecule has 0 saturated heterocycles.